The Hall–Kier alpha value is -1.06. The number of nitrogens with zero attached hydrogens (tertiary/aromatic N) is 2. The summed E-state index contributed by atoms with van der Waals surface area (Å²) in [6.45, 7) is 6.62. The first-order valence-electron chi connectivity index (χ1n) is 6.63. The van der Waals surface area contributed by atoms with Crippen molar-refractivity contribution in [1.82, 2.24) is 9.55 Å². The van der Waals surface area contributed by atoms with Crippen LogP contribution in [0.4, 0.5) is 0 Å². The molecule has 0 saturated carbocycles. The second kappa shape index (κ2) is 5.14. The van der Waals surface area contributed by atoms with Crippen molar-refractivity contribution in [2.24, 2.45) is 18.2 Å². The molecule has 2 rings (SSSR count). The summed E-state index contributed by atoms with van der Waals surface area (Å²) >= 11 is 6.23. The molecular weight excluding hydrogens is 258 g/mol. The van der Waals surface area contributed by atoms with Crippen LogP contribution in [0.1, 0.15) is 33.0 Å². The van der Waals surface area contributed by atoms with Gasteiger partial charge < -0.3 is 10.3 Å². The highest BCUT2D eigenvalue weighted by Crippen LogP contribution is 2.25. The zero-order valence-electron chi connectivity index (χ0n) is 12.1. The van der Waals surface area contributed by atoms with E-state index in [1.807, 2.05) is 25.2 Å². The molecule has 1 aromatic heterocycles. The first-order valence-corrected chi connectivity index (χ1v) is 7.01. The van der Waals surface area contributed by atoms with E-state index in [-0.39, 0.29) is 11.5 Å². The van der Waals surface area contributed by atoms with Gasteiger partial charge in [0.05, 0.1) is 16.1 Å². The van der Waals surface area contributed by atoms with E-state index < -0.39 is 0 Å². The minimum atomic E-state index is 0.120. The lowest BCUT2D eigenvalue weighted by atomic mass is 9.87. The van der Waals surface area contributed by atoms with Gasteiger partial charge in [-0.25, -0.2) is 4.98 Å². The molecule has 2 N–H and O–H groups in total. The Balaban J connectivity index is 2.27. The van der Waals surface area contributed by atoms with Crippen LogP contribution in [0, 0.1) is 5.41 Å². The second-order valence-electron chi connectivity index (χ2n) is 6.42. The van der Waals surface area contributed by atoms with Gasteiger partial charge in [-0.2, -0.15) is 0 Å². The number of aryl methyl sites for hydroxylation is 1. The first kappa shape index (κ1) is 14.4. The minimum Gasteiger partial charge on any atom is -0.330 e. The fourth-order valence-corrected chi connectivity index (χ4v) is 2.84. The summed E-state index contributed by atoms with van der Waals surface area (Å²) in [5.41, 5.74) is 8.40. The normalized spacial score (nSPS) is 14.0. The SMILES string of the molecule is Cn1c(CC(N)CC(C)(C)C)nc2cccc(Cl)c21. The summed E-state index contributed by atoms with van der Waals surface area (Å²) in [5.74, 6) is 1.000. The molecule has 0 aliphatic heterocycles. The van der Waals surface area contributed by atoms with E-state index >= 15 is 0 Å². The molecule has 0 spiro atoms. The number of fused-ring (bicyclic) bond motifs is 1. The molecule has 4 heteroatoms. The lowest BCUT2D eigenvalue weighted by Gasteiger charge is -2.22. The van der Waals surface area contributed by atoms with Crippen molar-refractivity contribution in [2.75, 3.05) is 0 Å². The van der Waals surface area contributed by atoms with Gasteiger partial charge in [0.25, 0.3) is 0 Å². The van der Waals surface area contributed by atoms with E-state index in [1.54, 1.807) is 0 Å². The van der Waals surface area contributed by atoms with Crippen molar-refractivity contribution in [1.29, 1.82) is 0 Å². The quantitative estimate of drug-likeness (QED) is 0.934. The number of para-hydroxylation sites is 1. The Morgan fingerprint density at radius 1 is 1.37 bits per heavy atom. The Kier molecular flexibility index (Phi) is 3.88. The molecule has 2 aromatic rings. The van der Waals surface area contributed by atoms with E-state index in [9.17, 15) is 0 Å². The molecule has 0 fully saturated rings. The largest absolute Gasteiger partial charge is 0.330 e. The maximum absolute atomic E-state index is 6.23. The van der Waals surface area contributed by atoms with Crippen molar-refractivity contribution < 1.29 is 0 Å². The van der Waals surface area contributed by atoms with Gasteiger partial charge in [-0.15, -0.1) is 0 Å². The number of aromatic nitrogens is 2. The number of rotatable bonds is 3. The summed E-state index contributed by atoms with van der Waals surface area (Å²) in [7, 11) is 2.00. The van der Waals surface area contributed by atoms with E-state index in [0.717, 1.165) is 34.7 Å². The molecule has 0 saturated heterocycles. The summed E-state index contributed by atoms with van der Waals surface area (Å²) < 4.78 is 2.06. The first-order chi connectivity index (χ1) is 8.78. The average Bonchev–Trinajstić information content (AvgIpc) is 2.54. The van der Waals surface area contributed by atoms with Crippen LogP contribution in [0.3, 0.4) is 0 Å². The number of imidazole rings is 1. The molecule has 0 amide bonds. The smallest absolute Gasteiger partial charge is 0.111 e. The molecule has 1 aromatic carbocycles. The highest BCUT2D eigenvalue weighted by atomic mass is 35.5. The van der Waals surface area contributed by atoms with Gasteiger partial charge >= 0.3 is 0 Å². The summed E-state index contributed by atoms with van der Waals surface area (Å²) in [6, 6.07) is 5.93. The topological polar surface area (TPSA) is 43.8 Å². The van der Waals surface area contributed by atoms with Crippen LogP contribution in [-0.4, -0.2) is 15.6 Å². The second-order valence-corrected chi connectivity index (χ2v) is 6.83. The summed E-state index contributed by atoms with van der Waals surface area (Å²) in [5, 5.41) is 0.739. The predicted octanol–water partition coefficient (Wildman–Crippen LogP) is 3.53. The number of benzene rings is 1. The molecule has 1 heterocycles. The van der Waals surface area contributed by atoms with E-state index in [0.29, 0.717) is 0 Å². The molecular formula is C15H22ClN3. The zero-order chi connectivity index (χ0) is 14.2. The van der Waals surface area contributed by atoms with Crippen LogP contribution < -0.4 is 5.73 Å². The van der Waals surface area contributed by atoms with Crippen molar-refractivity contribution in [3.05, 3.63) is 29.0 Å². The third-order valence-corrected chi connectivity index (χ3v) is 3.56. The highest BCUT2D eigenvalue weighted by Gasteiger charge is 2.18. The number of hydrogen-bond donors (Lipinski definition) is 1. The Morgan fingerprint density at radius 2 is 2.05 bits per heavy atom. The standard InChI is InChI=1S/C15H22ClN3/c1-15(2,3)9-10(17)8-13-18-12-7-5-6-11(16)14(12)19(13)4/h5-7,10H,8-9,17H2,1-4H3. The van der Waals surface area contributed by atoms with Gasteiger partial charge in [-0.05, 0) is 24.0 Å². The molecule has 104 valence electrons. The summed E-state index contributed by atoms with van der Waals surface area (Å²) in [6.07, 6.45) is 1.75. The van der Waals surface area contributed by atoms with Crippen LogP contribution in [0.25, 0.3) is 11.0 Å². The van der Waals surface area contributed by atoms with Gasteiger partial charge in [0, 0.05) is 19.5 Å². The zero-order valence-corrected chi connectivity index (χ0v) is 12.8. The molecule has 1 unspecified atom stereocenters. The van der Waals surface area contributed by atoms with Crippen LogP contribution in [0.15, 0.2) is 18.2 Å². The highest BCUT2D eigenvalue weighted by molar-refractivity contribution is 6.35. The lowest BCUT2D eigenvalue weighted by Crippen LogP contribution is -2.29. The van der Waals surface area contributed by atoms with Crippen molar-refractivity contribution >= 4 is 22.6 Å². The summed E-state index contributed by atoms with van der Waals surface area (Å²) in [4.78, 5) is 4.64. The molecule has 1 atom stereocenters. The number of nitrogens with two attached hydrogens (primary N) is 1. The van der Waals surface area contributed by atoms with Crippen molar-refractivity contribution in [2.45, 2.75) is 39.7 Å². The molecule has 0 bridgehead atoms. The van der Waals surface area contributed by atoms with Crippen LogP contribution in [0.5, 0.6) is 0 Å². The Morgan fingerprint density at radius 3 is 2.63 bits per heavy atom. The van der Waals surface area contributed by atoms with Gasteiger partial charge in [0.1, 0.15) is 5.82 Å². The predicted molar refractivity (Wildman–Crippen MR) is 81.5 cm³/mol. The van der Waals surface area contributed by atoms with Gasteiger partial charge in [0.15, 0.2) is 0 Å². The maximum Gasteiger partial charge on any atom is 0.111 e. The van der Waals surface area contributed by atoms with Crippen LogP contribution in [-0.2, 0) is 13.5 Å². The van der Waals surface area contributed by atoms with Gasteiger partial charge in [-0.1, -0.05) is 38.4 Å². The maximum atomic E-state index is 6.23. The van der Waals surface area contributed by atoms with Crippen LogP contribution in [0.2, 0.25) is 5.02 Å². The fraction of sp³-hybridized carbons (Fsp3) is 0.533. The average molecular weight is 280 g/mol. The Bertz CT molecular complexity index is 581. The van der Waals surface area contributed by atoms with Crippen LogP contribution >= 0.6 is 11.6 Å². The fourth-order valence-electron chi connectivity index (χ4n) is 2.55. The molecule has 0 aliphatic carbocycles. The number of halogens is 1. The van der Waals surface area contributed by atoms with E-state index in [1.165, 1.54) is 0 Å². The number of hydrogen-bond acceptors (Lipinski definition) is 2. The van der Waals surface area contributed by atoms with E-state index in [2.05, 4.69) is 30.3 Å². The molecule has 19 heavy (non-hydrogen) atoms. The third kappa shape index (κ3) is 3.28. The molecule has 3 nitrogen and oxygen atoms in total. The van der Waals surface area contributed by atoms with Crippen molar-refractivity contribution in [3.63, 3.8) is 0 Å². The lowest BCUT2D eigenvalue weighted by molar-refractivity contribution is 0.335. The third-order valence-electron chi connectivity index (χ3n) is 3.26. The monoisotopic (exact) mass is 279 g/mol. The van der Waals surface area contributed by atoms with Crippen molar-refractivity contribution in [3.8, 4) is 0 Å². The minimum absolute atomic E-state index is 0.120. The van der Waals surface area contributed by atoms with Gasteiger partial charge in [0.2, 0.25) is 0 Å². The van der Waals surface area contributed by atoms with E-state index in [4.69, 9.17) is 17.3 Å². The molecule has 0 aliphatic rings. The van der Waals surface area contributed by atoms with Gasteiger partial charge in [-0.3, -0.25) is 0 Å². The molecule has 0 radical (unpaired) electrons. The Labute approximate surface area is 119 Å².